The third-order valence-electron chi connectivity index (χ3n) is 8.42. The first-order valence-electron chi connectivity index (χ1n) is 14.6. The van der Waals surface area contributed by atoms with Gasteiger partial charge in [0.05, 0.1) is 11.0 Å². The molecule has 2 fully saturated rings. The Kier molecular flexibility index (Phi) is 8.40. The number of likely N-dealkylation sites (tertiary alicyclic amines) is 1. The van der Waals surface area contributed by atoms with E-state index in [9.17, 15) is 14.4 Å². The summed E-state index contributed by atoms with van der Waals surface area (Å²) in [6.07, 6.45) is 7.68. The summed E-state index contributed by atoms with van der Waals surface area (Å²) in [6, 6.07) is 7.82. The van der Waals surface area contributed by atoms with Gasteiger partial charge < -0.3 is 24.1 Å². The fourth-order valence-electron chi connectivity index (χ4n) is 5.82. The number of esters is 1. The molecular weight excluding hydrogens is 506 g/mol. The highest BCUT2D eigenvalue weighted by Gasteiger charge is 2.27. The first-order chi connectivity index (χ1) is 19.2. The zero-order chi connectivity index (χ0) is 28.4. The van der Waals surface area contributed by atoms with Crippen LogP contribution in [0.1, 0.15) is 63.5 Å². The van der Waals surface area contributed by atoms with Gasteiger partial charge in [-0.3, -0.25) is 14.4 Å². The maximum atomic E-state index is 12.6. The number of imidazole rings is 1. The fourth-order valence-corrected chi connectivity index (χ4v) is 5.82. The number of aromatic nitrogens is 3. The van der Waals surface area contributed by atoms with Crippen molar-refractivity contribution in [3.8, 4) is 11.4 Å². The molecule has 40 heavy (non-hydrogen) atoms. The zero-order valence-electron chi connectivity index (χ0n) is 24.1. The van der Waals surface area contributed by atoms with Crippen molar-refractivity contribution in [2.24, 2.45) is 13.0 Å². The predicted octanol–water partition coefficient (Wildman–Crippen LogP) is 3.93. The standard InChI is InChI=1S/C31H41N5O4/c1-5-26(31(39)40-25-9-6-10-25)32-16-22-11-12-28-27(15-22)33-29(24-14-20(2)30(38)34(4)19-24)36(28)18-23-8-7-13-35(17-23)21(3)37/h11-12,14-15,19,23,25-26,32H,5-10,13,16-18H2,1-4H3. The Labute approximate surface area is 235 Å². The number of aryl methyl sites for hydroxylation is 2. The Morgan fingerprint density at radius 2 is 1.98 bits per heavy atom. The van der Waals surface area contributed by atoms with Gasteiger partial charge in [-0.05, 0) is 75.1 Å². The van der Waals surface area contributed by atoms with Crippen LogP contribution in [-0.4, -0.2) is 56.1 Å². The molecule has 9 nitrogen and oxygen atoms in total. The normalized spacial score (nSPS) is 18.5. The molecule has 0 bridgehead atoms. The molecule has 1 saturated carbocycles. The predicted molar refractivity (Wildman–Crippen MR) is 155 cm³/mol. The molecule has 3 aromatic rings. The van der Waals surface area contributed by atoms with Crippen LogP contribution in [0.25, 0.3) is 22.4 Å². The highest BCUT2D eigenvalue weighted by Crippen LogP contribution is 2.29. The third-order valence-corrected chi connectivity index (χ3v) is 8.42. The molecule has 0 spiro atoms. The van der Waals surface area contributed by atoms with Gasteiger partial charge in [0, 0.05) is 57.5 Å². The number of pyridine rings is 1. The summed E-state index contributed by atoms with van der Waals surface area (Å²) >= 11 is 0. The molecule has 1 N–H and O–H groups in total. The minimum Gasteiger partial charge on any atom is -0.461 e. The van der Waals surface area contributed by atoms with Crippen LogP contribution in [0.5, 0.6) is 0 Å². The molecule has 2 aliphatic rings. The molecule has 1 aliphatic carbocycles. The van der Waals surface area contributed by atoms with Crippen LogP contribution in [-0.2, 0) is 34.5 Å². The molecule has 214 valence electrons. The maximum absolute atomic E-state index is 12.6. The summed E-state index contributed by atoms with van der Waals surface area (Å²) < 4.78 is 9.47. The minimum absolute atomic E-state index is 0.0227. The van der Waals surface area contributed by atoms with Gasteiger partial charge >= 0.3 is 5.97 Å². The van der Waals surface area contributed by atoms with E-state index < -0.39 is 0 Å². The summed E-state index contributed by atoms with van der Waals surface area (Å²) in [5.41, 5.74) is 4.45. The summed E-state index contributed by atoms with van der Waals surface area (Å²) in [4.78, 5) is 44.1. The number of carbonyl (C=O) groups is 2. The van der Waals surface area contributed by atoms with Gasteiger partial charge in [0.15, 0.2) is 0 Å². The van der Waals surface area contributed by atoms with E-state index in [1.54, 1.807) is 18.5 Å². The SMILES string of the molecule is CCC(NCc1ccc2c(c1)nc(-c1cc(C)c(=O)n(C)c1)n2CC1CCCN(C(C)=O)C1)C(=O)OC1CCC1. The Morgan fingerprint density at radius 1 is 1.18 bits per heavy atom. The van der Waals surface area contributed by atoms with E-state index >= 15 is 0 Å². The van der Waals surface area contributed by atoms with Crippen LogP contribution < -0.4 is 10.9 Å². The number of hydrogen-bond donors (Lipinski definition) is 1. The van der Waals surface area contributed by atoms with Gasteiger partial charge in [-0.1, -0.05) is 13.0 Å². The summed E-state index contributed by atoms with van der Waals surface area (Å²) in [7, 11) is 1.77. The molecular formula is C31H41N5O4. The van der Waals surface area contributed by atoms with Crippen LogP contribution >= 0.6 is 0 Å². The van der Waals surface area contributed by atoms with Crippen molar-refractivity contribution >= 4 is 22.9 Å². The second kappa shape index (κ2) is 12.0. The van der Waals surface area contributed by atoms with Crippen molar-refractivity contribution in [2.75, 3.05) is 13.1 Å². The number of amides is 1. The molecule has 5 rings (SSSR count). The van der Waals surface area contributed by atoms with E-state index in [1.807, 2.05) is 31.0 Å². The summed E-state index contributed by atoms with van der Waals surface area (Å²) in [5, 5.41) is 3.37. The molecule has 3 heterocycles. The second-order valence-electron chi connectivity index (χ2n) is 11.5. The van der Waals surface area contributed by atoms with E-state index in [4.69, 9.17) is 9.72 Å². The van der Waals surface area contributed by atoms with Gasteiger partial charge in [0.25, 0.3) is 5.56 Å². The lowest BCUT2D eigenvalue weighted by Gasteiger charge is -2.32. The van der Waals surface area contributed by atoms with Crippen LogP contribution in [0, 0.1) is 12.8 Å². The molecule has 2 atom stereocenters. The van der Waals surface area contributed by atoms with Crippen LogP contribution in [0.3, 0.4) is 0 Å². The molecule has 2 unspecified atom stereocenters. The molecule has 1 amide bonds. The number of benzene rings is 1. The highest BCUT2D eigenvalue weighted by atomic mass is 16.5. The molecule has 0 radical (unpaired) electrons. The maximum Gasteiger partial charge on any atom is 0.323 e. The smallest absolute Gasteiger partial charge is 0.323 e. The number of hydrogen-bond acceptors (Lipinski definition) is 6. The molecule has 1 saturated heterocycles. The topological polar surface area (TPSA) is 98.5 Å². The number of ether oxygens (including phenoxy) is 1. The number of nitrogens with zero attached hydrogens (tertiary/aromatic N) is 4. The molecule has 1 aliphatic heterocycles. The van der Waals surface area contributed by atoms with Crippen LogP contribution in [0.15, 0.2) is 35.3 Å². The van der Waals surface area contributed by atoms with Crippen molar-refractivity contribution < 1.29 is 14.3 Å². The first-order valence-corrected chi connectivity index (χ1v) is 14.6. The second-order valence-corrected chi connectivity index (χ2v) is 11.5. The van der Waals surface area contributed by atoms with E-state index in [0.717, 1.165) is 79.7 Å². The Morgan fingerprint density at radius 3 is 2.65 bits per heavy atom. The average Bonchev–Trinajstić information content (AvgIpc) is 3.27. The number of nitrogens with one attached hydrogen (secondary N) is 1. The van der Waals surface area contributed by atoms with Crippen molar-refractivity contribution in [3.63, 3.8) is 0 Å². The lowest BCUT2D eigenvalue weighted by molar-refractivity contribution is -0.155. The van der Waals surface area contributed by atoms with Crippen LogP contribution in [0.4, 0.5) is 0 Å². The quantitative estimate of drug-likeness (QED) is 0.408. The van der Waals surface area contributed by atoms with E-state index in [-0.39, 0.29) is 29.6 Å². The van der Waals surface area contributed by atoms with Gasteiger partial charge in [0.1, 0.15) is 18.0 Å². The minimum atomic E-state index is -0.339. The summed E-state index contributed by atoms with van der Waals surface area (Å²) in [6.45, 7) is 8.27. The largest absolute Gasteiger partial charge is 0.461 e. The van der Waals surface area contributed by atoms with E-state index in [0.29, 0.717) is 24.4 Å². The molecule has 2 aromatic heterocycles. The van der Waals surface area contributed by atoms with E-state index in [2.05, 4.69) is 28.1 Å². The fraction of sp³-hybridized carbons (Fsp3) is 0.548. The van der Waals surface area contributed by atoms with Crippen molar-refractivity contribution in [1.82, 2.24) is 24.3 Å². The number of rotatable bonds is 9. The van der Waals surface area contributed by atoms with Gasteiger partial charge in [0.2, 0.25) is 5.91 Å². The first kappa shape index (κ1) is 28.1. The van der Waals surface area contributed by atoms with Crippen molar-refractivity contribution in [2.45, 2.75) is 84.5 Å². The third kappa shape index (κ3) is 5.99. The number of piperidine rings is 1. The lowest BCUT2D eigenvalue weighted by atomic mass is 9.96. The molecule has 9 heteroatoms. The Hall–Kier alpha value is -3.46. The Bertz CT molecular complexity index is 1430. The number of carbonyl (C=O) groups excluding carboxylic acids is 2. The zero-order valence-corrected chi connectivity index (χ0v) is 24.1. The van der Waals surface area contributed by atoms with Crippen molar-refractivity contribution in [3.05, 3.63) is 51.9 Å². The number of fused-ring (bicyclic) bond motifs is 1. The lowest BCUT2D eigenvalue weighted by Crippen LogP contribution is -2.40. The summed E-state index contributed by atoms with van der Waals surface area (Å²) in [5.74, 6) is 1.08. The average molecular weight is 548 g/mol. The monoisotopic (exact) mass is 547 g/mol. The highest BCUT2D eigenvalue weighted by molar-refractivity contribution is 5.81. The molecule has 1 aromatic carbocycles. The van der Waals surface area contributed by atoms with Crippen molar-refractivity contribution in [1.29, 1.82) is 0 Å². The van der Waals surface area contributed by atoms with Gasteiger partial charge in [-0.25, -0.2) is 4.98 Å². The van der Waals surface area contributed by atoms with Crippen LogP contribution in [0.2, 0.25) is 0 Å². The van der Waals surface area contributed by atoms with Gasteiger partial charge in [-0.15, -0.1) is 0 Å². The van der Waals surface area contributed by atoms with Gasteiger partial charge in [-0.2, -0.15) is 0 Å². The Balaban J connectivity index is 1.43. The van der Waals surface area contributed by atoms with E-state index in [1.165, 1.54) is 0 Å².